The van der Waals surface area contributed by atoms with E-state index in [4.69, 9.17) is 0 Å². The molecule has 1 aliphatic carbocycles. The average molecular weight is 300 g/mol. The molecule has 0 radical (unpaired) electrons. The number of benzene rings is 1. The molecule has 2 amide bonds. The summed E-state index contributed by atoms with van der Waals surface area (Å²) in [5, 5.41) is 5.99. The SMILES string of the molecule is CCCCC(=O)Nc1ccc2c(c1)C1(CCCCC1)C(=O)N2. The number of carbonyl (C=O) groups excluding carboxylic acids is 2. The van der Waals surface area contributed by atoms with Gasteiger partial charge in [-0.15, -0.1) is 0 Å². The lowest BCUT2D eigenvalue weighted by Gasteiger charge is -2.31. The molecule has 1 fully saturated rings. The van der Waals surface area contributed by atoms with Gasteiger partial charge in [0.05, 0.1) is 5.41 Å². The van der Waals surface area contributed by atoms with Gasteiger partial charge >= 0.3 is 0 Å². The van der Waals surface area contributed by atoms with Crippen LogP contribution in [0.15, 0.2) is 18.2 Å². The number of hydrogen-bond donors (Lipinski definition) is 2. The summed E-state index contributed by atoms with van der Waals surface area (Å²) in [5.41, 5.74) is 2.43. The van der Waals surface area contributed by atoms with Crippen molar-refractivity contribution in [2.45, 2.75) is 63.7 Å². The van der Waals surface area contributed by atoms with Crippen LogP contribution < -0.4 is 10.6 Å². The second kappa shape index (κ2) is 6.11. The zero-order valence-electron chi connectivity index (χ0n) is 13.2. The first-order valence-corrected chi connectivity index (χ1v) is 8.41. The third kappa shape index (κ3) is 2.62. The van der Waals surface area contributed by atoms with Gasteiger partial charge in [0, 0.05) is 17.8 Å². The van der Waals surface area contributed by atoms with Gasteiger partial charge in [-0.2, -0.15) is 0 Å². The molecule has 1 spiro atoms. The van der Waals surface area contributed by atoms with Gasteiger partial charge in [-0.1, -0.05) is 32.6 Å². The van der Waals surface area contributed by atoms with E-state index in [9.17, 15) is 9.59 Å². The van der Waals surface area contributed by atoms with E-state index in [-0.39, 0.29) is 17.2 Å². The minimum atomic E-state index is -0.363. The molecule has 0 unspecified atom stereocenters. The smallest absolute Gasteiger partial charge is 0.235 e. The summed E-state index contributed by atoms with van der Waals surface area (Å²) in [6.07, 6.45) is 7.70. The van der Waals surface area contributed by atoms with E-state index in [1.165, 1.54) is 6.42 Å². The van der Waals surface area contributed by atoms with Gasteiger partial charge < -0.3 is 10.6 Å². The minimum Gasteiger partial charge on any atom is -0.326 e. The molecule has 1 saturated carbocycles. The molecule has 4 nitrogen and oxygen atoms in total. The molecule has 2 aliphatic rings. The molecule has 1 heterocycles. The highest BCUT2D eigenvalue weighted by Crippen LogP contribution is 2.48. The lowest BCUT2D eigenvalue weighted by Crippen LogP contribution is -2.36. The molecule has 0 saturated heterocycles. The summed E-state index contributed by atoms with van der Waals surface area (Å²) in [6, 6.07) is 5.80. The van der Waals surface area contributed by atoms with Crippen LogP contribution in [-0.4, -0.2) is 11.8 Å². The molecule has 4 heteroatoms. The van der Waals surface area contributed by atoms with Crippen molar-refractivity contribution in [3.05, 3.63) is 23.8 Å². The number of amides is 2. The molecule has 0 aromatic heterocycles. The third-order valence-electron chi connectivity index (χ3n) is 4.97. The van der Waals surface area contributed by atoms with Crippen LogP contribution in [0.25, 0.3) is 0 Å². The Labute approximate surface area is 131 Å². The van der Waals surface area contributed by atoms with Crippen LogP contribution in [0.4, 0.5) is 11.4 Å². The van der Waals surface area contributed by atoms with Gasteiger partial charge in [-0.3, -0.25) is 9.59 Å². The maximum Gasteiger partial charge on any atom is 0.235 e. The molecular weight excluding hydrogens is 276 g/mol. The number of rotatable bonds is 4. The van der Waals surface area contributed by atoms with Gasteiger partial charge in [0.2, 0.25) is 11.8 Å². The number of unbranched alkanes of at least 4 members (excludes halogenated alkanes) is 1. The van der Waals surface area contributed by atoms with Crippen LogP contribution in [0.1, 0.15) is 63.9 Å². The predicted octanol–water partition coefficient (Wildman–Crippen LogP) is 3.97. The Bertz CT molecular complexity index is 589. The Kier molecular flexibility index (Phi) is 4.19. The molecule has 0 atom stereocenters. The molecule has 1 aromatic rings. The summed E-state index contributed by atoms with van der Waals surface area (Å²) in [6.45, 7) is 2.08. The van der Waals surface area contributed by atoms with Crippen molar-refractivity contribution < 1.29 is 9.59 Å². The van der Waals surface area contributed by atoms with E-state index in [1.54, 1.807) is 0 Å². The Morgan fingerprint density at radius 1 is 1.27 bits per heavy atom. The average Bonchev–Trinajstić information content (AvgIpc) is 2.79. The van der Waals surface area contributed by atoms with Gasteiger partial charge in [0.1, 0.15) is 0 Å². The highest BCUT2D eigenvalue weighted by atomic mass is 16.2. The molecule has 0 bridgehead atoms. The Balaban J connectivity index is 1.83. The first-order valence-electron chi connectivity index (χ1n) is 8.41. The van der Waals surface area contributed by atoms with E-state index < -0.39 is 0 Å². The van der Waals surface area contributed by atoms with Crippen LogP contribution in [0.2, 0.25) is 0 Å². The highest BCUT2D eigenvalue weighted by molar-refractivity contribution is 6.07. The molecule has 2 N–H and O–H groups in total. The summed E-state index contributed by atoms with van der Waals surface area (Å²) >= 11 is 0. The fourth-order valence-corrected chi connectivity index (χ4v) is 3.70. The van der Waals surface area contributed by atoms with E-state index in [0.29, 0.717) is 6.42 Å². The summed E-state index contributed by atoms with van der Waals surface area (Å²) in [5.74, 6) is 0.188. The van der Waals surface area contributed by atoms with Crippen LogP contribution in [0.3, 0.4) is 0 Å². The second-order valence-corrected chi connectivity index (χ2v) is 6.51. The fraction of sp³-hybridized carbons (Fsp3) is 0.556. The predicted molar refractivity (Wildman–Crippen MR) is 88.0 cm³/mol. The van der Waals surface area contributed by atoms with Crippen LogP contribution in [-0.2, 0) is 15.0 Å². The normalized spacial score (nSPS) is 18.9. The Morgan fingerprint density at radius 2 is 2.05 bits per heavy atom. The van der Waals surface area contributed by atoms with E-state index >= 15 is 0 Å². The first kappa shape index (κ1) is 15.1. The molecule has 1 aromatic carbocycles. The maximum absolute atomic E-state index is 12.5. The molecule has 22 heavy (non-hydrogen) atoms. The van der Waals surface area contributed by atoms with Crippen LogP contribution in [0, 0.1) is 0 Å². The van der Waals surface area contributed by atoms with Gasteiger partial charge in [0.25, 0.3) is 0 Å². The lowest BCUT2D eigenvalue weighted by atomic mass is 9.70. The topological polar surface area (TPSA) is 58.2 Å². The van der Waals surface area contributed by atoms with Crippen molar-refractivity contribution in [1.82, 2.24) is 0 Å². The largest absolute Gasteiger partial charge is 0.326 e. The standard InChI is InChI=1S/C18H24N2O2/c1-2-3-7-16(21)19-13-8-9-15-14(12-13)18(17(22)20-15)10-5-4-6-11-18/h8-9,12H,2-7,10-11H2,1H3,(H,19,21)(H,20,22). The number of hydrogen-bond acceptors (Lipinski definition) is 2. The van der Waals surface area contributed by atoms with Crippen molar-refractivity contribution in [2.24, 2.45) is 0 Å². The Hall–Kier alpha value is -1.84. The fourth-order valence-electron chi connectivity index (χ4n) is 3.70. The number of nitrogens with one attached hydrogen (secondary N) is 2. The van der Waals surface area contributed by atoms with Crippen molar-refractivity contribution >= 4 is 23.2 Å². The second-order valence-electron chi connectivity index (χ2n) is 6.51. The monoisotopic (exact) mass is 300 g/mol. The van der Waals surface area contributed by atoms with Crippen LogP contribution in [0.5, 0.6) is 0 Å². The maximum atomic E-state index is 12.5. The zero-order chi connectivity index (χ0) is 15.6. The van der Waals surface area contributed by atoms with Crippen molar-refractivity contribution in [1.29, 1.82) is 0 Å². The molecule has 118 valence electrons. The van der Waals surface area contributed by atoms with Gasteiger partial charge in [-0.25, -0.2) is 0 Å². The quantitative estimate of drug-likeness (QED) is 0.884. The van der Waals surface area contributed by atoms with Crippen LogP contribution >= 0.6 is 0 Å². The molecule has 1 aliphatic heterocycles. The molecular formula is C18H24N2O2. The van der Waals surface area contributed by atoms with Crippen molar-refractivity contribution in [2.75, 3.05) is 10.6 Å². The third-order valence-corrected chi connectivity index (χ3v) is 4.97. The zero-order valence-corrected chi connectivity index (χ0v) is 13.2. The van der Waals surface area contributed by atoms with Gasteiger partial charge in [-0.05, 0) is 43.0 Å². The molecule has 3 rings (SSSR count). The number of anilines is 2. The summed E-state index contributed by atoms with van der Waals surface area (Å²) in [4.78, 5) is 24.4. The van der Waals surface area contributed by atoms with Gasteiger partial charge in [0.15, 0.2) is 0 Å². The highest BCUT2D eigenvalue weighted by Gasteiger charge is 2.47. The number of fused-ring (bicyclic) bond motifs is 2. The van der Waals surface area contributed by atoms with Crippen molar-refractivity contribution in [3.8, 4) is 0 Å². The lowest BCUT2D eigenvalue weighted by molar-refractivity contribution is -0.122. The minimum absolute atomic E-state index is 0.0526. The summed E-state index contributed by atoms with van der Waals surface area (Å²) < 4.78 is 0. The Morgan fingerprint density at radius 3 is 2.77 bits per heavy atom. The summed E-state index contributed by atoms with van der Waals surface area (Å²) in [7, 11) is 0. The van der Waals surface area contributed by atoms with E-state index in [0.717, 1.165) is 55.5 Å². The van der Waals surface area contributed by atoms with Crippen molar-refractivity contribution in [3.63, 3.8) is 0 Å². The first-order chi connectivity index (χ1) is 10.7. The van der Waals surface area contributed by atoms with E-state index in [2.05, 4.69) is 17.6 Å². The van der Waals surface area contributed by atoms with E-state index in [1.807, 2.05) is 18.2 Å². The number of carbonyl (C=O) groups is 2.